The molecule has 0 aromatic carbocycles. The Balaban J connectivity index is 2.83. The Kier molecular flexibility index (Phi) is 5.10. The monoisotopic (exact) mass is 236 g/mol. The van der Waals surface area contributed by atoms with Crippen LogP contribution in [0.3, 0.4) is 0 Å². The molecule has 1 rings (SSSR count). The highest BCUT2D eigenvalue weighted by molar-refractivity contribution is 4.94. The predicted octanol–water partition coefficient (Wildman–Crippen LogP) is -0.603. The van der Waals surface area contributed by atoms with E-state index in [1.807, 2.05) is 0 Å². The van der Waals surface area contributed by atoms with Gasteiger partial charge in [0.1, 0.15) is 24.9 Å². The quantitative estimate of drug-likeness (QED) is 0.687. The molecule has 0 aromatic heterocycles. The molecule has 1 fully saturated rings. The molecule has 6 nitrogen and oxygen atoms in total. The van der Waals surface area contributed by atoms with Gasteiger partial charge in [-0.1, -0.05) is 0 Å². The van der Waals surface area contributed by atoms with Crippen molar-refractivity contribution in [2.75, 3.05) is 41.7 Å². The molecule has 0 aromatic rings. The number of ether oxygens (including phenoxy) is 5. The minimum absolute atomic E-state index is 0.0157. The summed E-state index contributed by atoms with van der Waals surface area (Å²) in [5, 5.41) is 10.2. The SMILES string of the molecule is COC[C@@]1(O)OC[C@@H](OC)[C@@H](OC)[C@@H]1OC. The zero-order chi connectivity index (χ0) is 12.2. The minimum Gasteiger partial charge on any atom is -0.379 e. The molecule has 96 valence electrons. The number of hydrogen-bond acceptors (Lipinski definition) is 6. The smallest absolute Gasteiger partial charge is 0.219 e. The van der Waals surface area contributed by atoms with Crippen LogP contribution < -0.4 is 0 Å². The molecule has 6 heteroatoms. The first-order chi connectivity index (χ1) is 7.62. The first kappa shape index (κ1) is 13.8. The molecule has 0 bridgehead atoms. The van der Waals surface area contributed by atoms with Gasteiger partial charge in [-0.3, -0.25) is 0 Å². The van der Waals surface area contributed by atoms with Crippen molar-refractivity contribution in [3.05, 3.63) is 0 Å². The van der Waals surface area contributed by atoms with E-state index in [1.165, 1.54) is 14.2 Å². The third kappa shape index (κ3) is 2.53. The van der Waals surface area contributed by atoms with Crippen molar-refractivity contribution in [1.82, 2.24) is 0 Å². The molecule has 0 spiro atoms. The van der Waals surface area contributed by atoms with Crippen molar-refractivity contribution < 1.29 is 28.8 Å². The largest absolute Gasteiger partial charge is 0.379 e. The maximum atomic E-state index is 10.2. The van der Waals surface area contributed by atoms with Crippen LogP contribution in [0.15, 0.2) is 0 Å². The summed E-state index contributed by atoms with van der Waals surface area (Å²) in [6.45, 7) is 0.247. The number of rotatable bonds is 5. The van der Waals surface area contributed by atoms with E-state index in [9.17, 15) is 5.11 Å². The molecular formula is C10H20O6. The Morgan fingerprint density at radius 2 is 1.88 bits per heavy atom. The van der Waals surface area contributed by atoms with Crippen LogP contribution in [0.4, 0.5) is 0 Å². The molecule has 0 aliphatic carbocycles. The fourth-order valence-corrected chi connectivity index (χ4v) is 1.98. The van der Waals surface area contributed by atoms with Gasteiger partial charge >= 0.3 is 0 Å². The summed E-state index contributed by atoms with van der Waals surface area (Å²) in [7, 11) is 6.08. The summed E-state index contributed by atoms with van der Waals surface area (Å²) in [6.07, 6.45) is -1.33. The summed E-state index contributed by atoms with van der Waals surface area (Å²) in [6, 6.07) is 0. The number of aliphatic hydroxyl groups is 1. The molecule has 0 radical (unpaired) electrons. The van der Waals surface area contributed by atoms with E-state index in [0.29, 0.717) is 0 Å². The van der Waals surface area contributed by atoms with Crippen molar-refractivity contribution in [1.29, 1.82) is 0 Å². The number of methoxy groups -OCH3 is 4. The molecule has 0 saturated carbocycles. The summed E-state index contributed by atoms with van der Waals surface area (Å²) < 4.78 is 26.0. The van der Waals surface area contributed by atoms with Crippen molar-refractivity contribution in [3.8, 4) is 0 Å². The topological polar surface area (TPSA) is 66.4 Å². The van der Waals surface area contributed by atoms with Crippen LogP contribution in [0.1, 0.15) is 0 Å². The maximum Gasteiger partial charge on any atom is 0.219 e. The lowest BCUT2D eigenvalue weighted by Crippen LogP contribution is -2.64. The summed E-state index contributed by atoms with van der Waals surface area (Å²) in [5.74, 6) is -1.50. The lowest BCUT2D eigenvalue weighted by atomic mass is 9.97. The van der Waals surface area contributed by atoms with Gasteiger partial charge in [0.15, 0.2) is 0 Å². The van der Waals surface area contributed by atoms with E-state index in [1.54, 1.807) is 14.2 Å². The zero-order valence-corrected chi connectivity index (χ0v) is 10.1. The van der Waals surface area contributed by atoms with E-state index in [0.717, 1.165) is 0 Å². The average molecular weight is 236 g/mol. The fourth-order valence-electron chi connectivity index (χ4n) is 1.98. The zero-order valence-electron chi connectivity index (χ0n) is 10.1. The van der Waals surface area contributed by atoms with E-state index >= 15 is 0 Å². The predicted molar refractivity (Wildman–Crippen MR) is 55.2 cm³/mol. The first-order valence-electron chi connectivity index (χ1n) is 5.06. The fraction of sp³-hybridized carbons (Fsp3) is 1.00. The van der Waals surface area contributed by atoms with E-state index in [2.05, 4.69) is 0 Å². The van der Waals surface area contributed by atoms with Crippen LogP contribution >= 0.6 is 0 Å². The third-order valence-electron chi connectivity index (χ3n) is 2.79. The van der Waals surface area contributed by atoms with Crippen LogP contribution in [0.25, 0.3) is 0 Å². The number of hydrogen-bond donors (Lipinski definition) is 1. The second kappa shape index (κ2) is 5.90. The van der Waals surface area contributed by atoms with Crippen LogP contribution in [0, 0.1) is 0 Å². The highest BCUT2D eigenvalue weighted by Crippen LogP contribution is 2.29. The first-order valence-corrected chi connectivity index (χ1v) is 5.06. The van der Waals surface area contributed by atoms with Crippen molar-refractivity contribution in [2.24, 2.45) is 0 Å². The van der Waals surface area contributed by atoms with Gasteiger partial charge < -0.3 is 28.8 Å². The molecular weight excluding hydrogens is 216 g/mol. The van der Waals surface area contributed by atoms with Gasteiger partial charge in [-0.2, -0.15) is 0 Å². The molecule has 0 amide bonds. The lowest BCUT2D eigenvalue weighted by Gasteiger charge is -2.45. The van der Waals surface area contributed by atoms with Gasteiger partial charge in [-0.05, 0) is 0 Å². The van der Waals surface area contributed by atoms with Crippen molar-refractivity contribution >= 4 is 0 Å². The van der Waals surface area contributed by atoms with Gasteiger partial charge in [0.05, 0.1) is 6.61 Å². The lowest BCUT2D eigenvalue weighted by molar-refractivity contribution is -0.342. The molecule has 1 aliphatic heterocycles. The Hall–Kier alpha value is -0.240. The molecule has 1 N–H and O–H groups in total. The maximum absolute atomic E-state index is 10.2. The highest BCUT2D eigenvalue weighted by atomic mass is 16.7. The van der Waals surface area contributed by atoms with E-state index < -0.39 is 18.0 Å². The van der Waals surface area contributed by atoms with Crippen molar-refractivity contribution in [2.45, 2.75) is 24.1 Å². The molecule has 1 saturated heterocycles. The minimum atomic E-state index is -1.50. The van der Waals surface area contributed by atoms with Crippen LogP contribution in [-0.2, 0) is 23.7 Å². The standard InChI is InChI=1S/C10H20O6/c1-12-6-10(11)9(15-4)8(14-3)7(13-2)5-16-10/h7-9,11H,5-6H2,1-4H3/t7-,8-,9+,10-/m1/s1. The van der Waals surface area contributed by atoms with Crippen molar-refractivity contribution in [3.63, 3.8) is 0 Å². The summed E-state index contributed by atoms with van der Waals surface area (Å²) in [4.78, 5) is 0. The van der Waals surface area contributed by atoms with Gasteiger partial charge in [0, 0.05) is 28.4 Å². The Bertz CT molecular complexity index is 211. The van der Waals surface area contributed by atoms with Gasteiger partial charge in [0.25, 0.3) is 0 Å². The van der Waals surface area contributed by atoms with Crippen LogP contribution in [-0.4, -0.2) is 70.9 Å². The Morgan fingerprint density at radius 1 is 1.19 bits per heavy atom. The second-order valence-electron chi connectivity index (χ2n) is 3.72. The highest BCUT2D eigenvalue weighted by Gasteiger charge is 2.51. The molecule has 0 unspecified atom stereocenters. The molecule has 4 atom stereocenters. The second-order valence-corrected chi connectivity index (χ2v) is 3.72. The van der Waals surface area contributed by atoms with Gasteiger partial charge in [-0.25, -0.2) is 0 Å². The van der Waals surface area contributed by atoms with Gasteiger partial charge in [0.2, 0.25) is 5.79 Å². The van der Waals surface area contributed by atoms with Gasteiger partial charge in [-0.15, -0.1) is 0 Å². The normalized spacial score (nSPS) is 39.9. The Morgan fingerprint density at radius 3 is 2.31 bits per heavy atom. The molecule has 1 aliphatic rings. The van der Waals surface area contributed by atoms with E-state index in [4.69, 9.17) is 23.7 Å². The summed E-state index contributed by atoms with van der Waals surface area (Å²) in [5.41, 5.74) is 0. The molecule has 1 heterocycles. The van der Waals surface area contributed by atoms with Crippen LogP contribution in [0.5, 0.6) is 0 Å². The van der Waals surface area contributed by atoms with Crippen LogP contribution in [0.2, 0.25) is 0 Å². The molecule has 16 heavy (non-hydrogen) atoms. The average Bonchev–Trinajstić information content (AvgIpc) is 2.28. The third-order valence-corrected chi connectivity index (χ3v) is 2.79. The van der Waals surface area contributed by atoms with E-state index in [-0.39, 0.29) is 19.3 Å². The Labute approximate surface area is 95.4 Å². The summed E-state index contributed by atoms with van der Waals surface area (Å²) >= 11 is 0.